The number of carbonyl (C=O) groups is 4. The number of benzene rings is 3. The Morgan fingerprint density at radius 1 is 0.529 bits per heavy atom. The number of hydrogen-bond donors (Lipinski definition) is 0. The summed E-state index contributed by atoms with van der Waals surface area (Å²) in [6.45, 7) is 3.51. The minimum Gasteiger partial charge on any atom is -0.465 e. The lowest BCUT2D eigenvalue weighted by atomic mass is 10.1. The molecular formula is C26H22O8. The Morgan fingerprint density at radius 3 is 1.21 bits per heavy atom. The zero-order chi connectivity index (χ0) is 24.7. The smallest absolute Gasteiger partial charge is 0.343 e. The molecule has 8 nitrogen and oxygen atoms in total. The van der Waals surface area contributed by atoms with Crippen LogP contribution in [0.15, 0.2) is 72.8 Å². The quantitative estimate of drug-likeness (QED) is 0.374. The molecule has 0 amide bonds. The highest BCUT2D eigenvalue weighted by Crippen LogP contribution is 2.18. The Kier molecular flexibility index (Phi) is 7.76. The van der Waals surface area contributed by atoms with Crippen molar-refractivity contribution in [3.8, 4) is 11.5 Å². The van der Waals surface area contributed by atoms with Gasteiger partial charge in [-0.2, -0.15) is 0 Å². The van der Waals surface area contributed by atoms with Gasteiger partial charge in [0.25, 0.3) is 0 Å². The largest absolute Gasteiger partial charge is 0.465 e. The summed E-state index contributed by atoms with van der Waals surface area (Å²) in [6, 6.07) is 17.7. The molecule has 0 aliphatic carbocycles. The van der Waals surface area contributed by atoms with Crippen LogP contribution in [0.5, 0.6) is 11.5 Å². The molecule has 0 unspecified atom stereocenters. The molecule has 3 rings (SSSR count). The number of esters is 4. The fourth-order valence-corrected chi connectivity index (χ4v) is 2.79. The zero-order valence-corrected chi connectivity index (χ0v) is 18.8. The fourth-order valence-electron chi connectivity index (χ4n) is 2.79. The Bertz CT molecular complexity index is 1180. The van der Waals surface area contributed by atoms with Gasteiger partial charge in [0.15, 0.2) is 0 Å². The molecular weight excluding hydrogens is 440 g/mol. The van der Waals surface area contributed by atoms with Gasteiger partial charge in [0.1, 0.15) is 11.5 Å². The molecule has 0 saturated heterocycles. The van der Waals surface area contributed by atoms with Crippen LogP contribution < -0.4 is 9.47 Å². The molecule has 0 N–H and O–H groups in total. The van der Waals surface area contributed by atoms with Gasteiger partial charge in [0.2, 0.25) is 0 Å². The highest BCUT2D eigenvalue weighted by molar-refractivity contribution is 5.95. The van der Waals surface area contributed by atoms with Crippen molar-refractivity contribution in [2.24, 2.45) is 0 Å². The standard InChI is InChI=1S/C26H22O8/c1-16(2)32-24(28)19-8-12-21(13-9-19)34-26(30)20-10-14-22(15-11-20)33-25(29)18-6-4-17(5-7-18)23(27)31-3/h4-16H,1-3H3. The molecule has 0 aromatic heterocycles. The molecule has 0 fully saturated rings. The Morgan fingerprint density at radius 2 is 0.853 bits per heavy atom. The maximum absolute atomic E-state index is 12.4. The molecule has 0 spiro atoms. The predicted molar refractivity (Wildman–Crippen MR) is 121 cm³/mol. The van der Waals surface area contributed by atoms with E-state index in [9.17, 15) is 19.2 Å². The lowest BCUT2D eigenvalue weighted by Gasteiger charge is -2.09. The van der Waals surface area contributed by atoms with E-state index in [1.807, 2.05) is 0 Å². The van der Waals surface area contributed by atoms with E-state index in [0.29, 0.717) is 11.1 Å². The second-order valence-corrected chi connectivity index (χ2v) is 7.35. The topological polar surface area (TPSA) is 105 Å². The van der Waals surface area contributed by atoms with E-state index < -0.39 is 23.9 Å². The highest BCUT2D eigenvalue weighted by atomic mass is 16.5. The molecule has 0 atom stereocenters. The molecule has 0 saturated carbocycles. The molecule has 0 heterocycles. The molecule has 3 aromatic carbocycles. The Labute approximate surface area is 196 Å². The van der Waals surface area contributed by atoms with E-state index in [1.54, 1.807) is 13.8 Å². The third-order valence-corrected chi connectivity index (χ3v) is 4.49. The minimum atomic E-state index is -0.622. The number of hydrogen-bond acceptors (Lipinski definition) is 8. The van der Waals surface area contributed by atoms with Gasteiger partial charge in [-0.05, 0) is 86.6 Å². The van der Waals surface area contributed by atoms with Crippen LogP contribution in [0.1, 0.15) is 55.3 Å². The van der Waals surface area contributed by atoms with E-state index in [2.05, 4.69) is 4.74 Å². The second kappa shape index (κ2) is 10.9. The fraction of sp³-hybridized carbons (Fsp3) is 0.154. The van der Waals surface area contributed by atoms with E-state index in [0.717, 1.165) is 0 Å². The van der Waals surface area contributed by atoms with Crippen molar-refractivity contribution in [2.75, 3.05) is 7.11 Å². The summed E-state index contributed by atoms with van der Waals surface area (Å²) in [4.78, 5) is 48.0. The average molecular weight is 462 g/mol. The maximum Gasteiger partial charge on any atom is 0.343 e. The second-order valence-electron chi connectivity index (χ2n) is 7.35. The summed E-state index contributed by atoms with van der Waals surface area (Å²) in [5.41, 5.74) is 1.15. The molecule has 174 valence electrons. The van der Waals surface area contributed by atoms with Gasteiger partial charge in [-0.3, -0.25) is 0 Å². The van der Waals surface area contributed by atoms with E-state index in [-0.39, 0.29) is 28.7 Å². The molecule has 0 radical (unpaired) electrons. The first-order valence-corrected chi connectivity index (χ1v) is 10.3. The molecule has 0 bridgehead atoms. The monoisotopic (exact) mass is 462 g/mol. The zero-order valence-electron chi connectivity index (χ0n) is 18.8. The van der Waals surface area contributed by atoms with Gasteiger partial charge < -0.3 is 18.9 Å². The normalized spacial score (nSPS) is 10.4. The number of ether oxygens (including phenoxy) is 4. The minimum absolute atomic E-state index is 0.228. The first-order valence-electron chi connectivity index (χ1n) is 10.3. The van der Waals surface area contributed by atoms with Gasteiger partial charge in [-0.25, -0.2) is 19.2 Å². The van der Waals surface area contributed by atoms with Crippen molar-refractivity contribution in [1.82, 2.24) is 0 Å². The summed E-state index contributed by atoms with van der Waals surface area (Å²) in [5.74, 6) is -1.72. The van der Waals surface area contributed by atoms with Gasteiger partial charge >= 0.3 is 23.9 Å². The predicted octanol–water partition coefficient (Wildman–Crippen LogP) is 4.48. The lowest BCUT2D eigenvalue weighted by Crippen LogP contribution is -2.12. The summed E-state index contributed by atoms with van der Waals surface area (Å²) >= 11 is 0. The third kappa shape index (κ3) is 6.29. The SMILES string of the molecule is COC(=O)c1ccc(C(=O)Oc2ccc(C(=O)Oc3ccc(C(=O)OC(C)C)cc3)cc2)cc1. The van der Waals surface area contributed by atoms with Crippen LogP contribution in [-0.4, -0.2) is 37.1 Å². The van der Waals surface area contributed by atoms with Crippen LogP contribution in [0, 0.1) is 0 Å². The summed E-state index contributed by atoms with van der Waals surface area (Å²) < 4.78 is 20.3. The average Bonchev–Trinajstić information content (AvgIpc) is 2.84. The summed E-state index contributed by atoms with van der Waals surface area (Å²) in [7, 11) is 1.27. The van der Waals surface area contributed by atoms with Gasteiger partial charge in [0, 0.05) is 0 Å². The number of carbonyl (C=O) groups excluding carboxylic acids is 4. The van der Waals surface area contributed by atoms with Crippen molar-refractivity contribution < 1.29 is 38.1 Å². The van der Waals surface area contributed by atoms with E-state index in [4.69, 9.17) is 14.2 Å². The lowest BCUT2D eigenvalue weighted by molar-refractivity contribution is 0.0377. The number of methoxy groups -OCH3 is 1. The van der Waals surface area contributed by atoms with Crippen molar-refractivity contribution >= 4 is 23.9 Å². The van der Waals surface area contributed by atoms with E-state index in [1.165, 1.54) is 79.9 Å². The van der Waals surface area contributed by atoms with Crippen LogP contribution in [0.3, 0.4) is 0 Å². The molecule has 0 aliphatic heterocycles. The molecule has 0 aliphatic rings. The first kappa shape index (κ1) is 24.2. The van der Waals surface area contributed by atoms with Crippen LogP contribution in [0.25, 0.3) is 0 Å². The highest BCUT2D eigenvalue weighted by Gasteiger charge is 2.14. The molecule has 3 aromatic rings. The summed E-state index contributed by atoms with van der Waals surface area (Å²) in [5, 5.41) is 0. The van der Waals surface area contributed by atoms with Crippen molar-refractivity contribution in [1.29, 1.82) is 0 Å². The molecule has 34 heavy (non-hydrogen) atoms. The Balaban J connectivity index is 1.58. The van der Waals surface area contributed by atoms with Crippen LogP contribution in [-0.2, 0) is 9.47 Å². The van der Waals surface area contributed by atoms with Crippen molar-refractivity contribution in [3.05, 3.63) is 95.1 Å². The van der Waals surface area contributed by atoms with Crippen molar-refractivity contribution in [3.63, 3.8) is 0 Å². The van der Waals surface area contributed by atoms with Gasteiger partial charge in [-0.1, -0.05) is 0 Å². The van der Waals surface area contributed by atoms with Gasteiger partial charge in [-0.15, -0.1) is 0 Å². The van der Waals surface area contributed by atoms with Gasteiger partial charge in [0.05, 0.1) is 35.5 Å². The van der Waals surface area contributed by atoms with Crippen LogP contribution in [0.2, 0.25) is 0 Å². The summed E-state index contributed by atoms with van der Waals surface area (Å²) in [6.07, 6.45) is -0.237. The third-order valence-electron chi connectivity index (χ3n) is 4.49. The molecule has 8 heteroatoms. The first-order chi connectivity index (χ1) is 16.3. The Hall–Kier alpha value is -4.46. The van der Waals surface area contributed by atoms with E-state index >= 15 is 0 Å². The number of rotatable bonds is 7. The van der Waals surface area contributed by atoms with Crippen LogP contribution >= 0.6 is 0 Å². The van der Waals surface area contributed by atoms with Crippen molar-refractivity contribution in [2.45, 2.75) is 20.0 Å². The maximum atomic E-state index is 12.4. The van der Waals surface area contributed by atoms with Crippen LogP contribution in [0.4, 0.5) is 0 Å².